The van der Waals surface area contributed by atoms with Crippen molar-refractivity contribution in [1.29, 1.82) is 0 Å². The Kier molecular flexibility index (Phi) is 4.91. The Balaban J connectivity index is 1.68. The number of carbonyl (C=O) groups is 1. The van der Waals surface area contributed by atoms with Crippen LogP contribution in [0.3, 0.4) is 0 Å². The molecule has 1 N–H and O–H groups in total. The number of pyridine rings is 1. The van der Waals surface area contributed by atoms with E-state index in [1.165, 1.54) is 0 Å². The maximum absolute atomic E-state index is 12.2. The van der Waals surface area contributed by atoms with Crippen LogP contribution in [0.1, 0.15) is 6.92 Å². The molecule has 1 amide bonds. The number of amides is 1. The average Bonchev–Trinajstić information content (AvgIpc) is 2.62. The number of anilines is 1. The molecule has 3 aromatic rings. The molecular formula is C19H18N2O3. The summed E-state index contributed by atoms with van der Waals surface area (Å²) in [5, 5.41) is 3.75. The summed E-state index contributed by atoms with van der Waals surface area (Å²) in [7, 11) is 0. The molecule has 0 spiro atoms. The first-order valence-electron chi connectivity index (χ1n) is 7.76. The van der Waals surface area contributed by atoms with Crippen LogP contribution in [-0.4, -0.2) is 24.1 Å². The number of hydrogen-bond acceptors (Lipinski definition) is 4. The van der Waals surface area contributed by atoms with E-state index >= 15 is 0 Å². The standard InChI is InChI=1S/C19H18N2O3/c1-2-23-17-10-3-4-11-18(17)24-13-19(22)21-16-9-5-8-15-14(16)7-6-12-20-15/h3-12H,2,13H2,1H3,(H,21,22). The quantitative estimate of drug-likeness (QED) is 0.752. The summed E-state index contributed by atoms with van der Waals surface area (Å²) in [6, 6.07) is 16.7. The predicted molar refractivity (Wildman–Crippen MR) is 93.5 cm³/mol. The molecule has 24 heavy (non-hydrogen) atoms. The molecule has 1 heterocycles. The normalized spacial score (nSPS) is 10.4. The molecule has 5 heteroatoms. The molecule has 0 bridgehead atoms. The Hall–Kier alpha value is -3.08. The molecule has 0 saturated carbocycles. The number of nitrogens with zero attached hydrogens (tertiary/aromatic N) is 1. The fourth-order valence-electron chi connectivity index (χ4n) is 2.39. The van der Waals surface area contributed by atoms with Gasteiger partial charge in [-0.2, -0.15) is 0 Å². The summed E-state index contributed by atoms with van der Waals surface area (Å²) < 4.78 is 11.1. The van der Waals surface area contributed by atoms with Crippen molar-refractivity contribution < 1.29 is 14.3 Å². The lowest BCUT2D eigenvalue weighted by Crippen LogP contribution is -2.20. The van der Waals surface area contributed by atoms with Gasteiger partial charge in [-0.25, -0.2) is 0 Å². The highest BCUT2D eigenvalue weighted by atomic mass is 16.5. The third-order valence-corrected chi connectivity index (χ3v) is 3.43. The molecule has 0 radical (unpaired) electrons. The summed E-state index contributed by atoms with van der Waals surface area (Å²) in [5.74, 6) is 0.939. The number of fused-ring (bicyclic) bond motifs is 1. The van der Waals surface area contributed by atoms with Gasteiger partial charge in [0, 0.05) is 11.6 Å². The number of carbonyl (C=O) groups excluding carboxylic acids is 1. The van der Waals surface area contributed by atoms with E-state index in [9.17, 15) is 4.79 Å². The van der Waals surface area contributed by atoms with Crippen molar-refractivity contribution in [3.63, 3.8) is 0 Å². The first kappa shape index (κ1) is 15.8. The summed E-state index contributed by atoms with van der Waals surface area (Å²) >= 11 is 0. The molecule has 0 aliphatic heterocycles. The predicted octanol–water partition coefficient (Wildman–Crippen LogP) is 3.65. The number of rotatable bonds is 6. The second-order valence-electron chi connectivity index (χ2n) is 5.09. The van der Waals surface area contributed by atoms with Gasteiger partial charge in [-0.05, 0) is 43.3 Å². The van der Waals surface area contributed by atoms with E-state index in [4.69, 9.17) is 9.47 Å². The minimum Gasteiger partial charge on any atom is -0.490 e. The van der Waals surface area contributed by atoms with Crippen LogP contribution >= 0.6 is 0 Å². The molecule has 122 valence electrons. The summed E-state index contributed by atoms with van der Waals surface area (Å²) in [4.78, 5) is 16.5. The zero-order valence-electron chi connectivity index (χ0n) is 13.4. The Bertz CT molecular complexity index is 843. The smallest absolute Gasteiger partial charge is 0.262 e. The van der Waals surface area contributed by atoms with Gasteiger partial charge >= 0.3 is 0 Å². The second kappa shape index (κ2) is 7.46. The van der Waals surface area contributed by atoms with Crippen molar-refractivity contribution in [2.75, 3.05) is 18.5 Å². The molecule has 0 aliphatic rings. The maximum Gasteiger partial charge on any atom is 0.262 e. The van der Waals surface area contributed by atoms with Crippen LogP contribution in [0.2, 0.25) is 0 Å². The van der Waals surface area contributed by atoms with Gasteiger partial charge in [0.05, 0.1) is 17.8 Å². The van der Waals surface area contributed by atoms with E-state index in [0.717, 1.165) is 10.9 Å². The Labute approximate surface area is 140 Å². The van der Waals surface area contributed by atoms with Crippen LogP contribution in [0.15, 0.2) is 60.8 Å². The van der Waals surface area contributed by atoms with Crippen LogP contribution in [0.4, 0.5) is 5.69 Å². The molecule has 0 atom stereocenters. The van der Waals surface area contributed by atoms with E-state index in [1.807, 2.05) is 55.5 Å². The third kappa shape index (κ3) is 3.63. The lowest BCUT2D eigenvalue weighted by molar-refractivity contribution is -0.118. The minimum atomic E-state index is -0.238. The highest BCUT2D eigenvalue weighted by Gasteiger charge is 2.09. The highest BCUT2D eigenvalue weighted by Crippen LogP contribution is 2.26. The molecule has 0 unspecified atom stereocenters. The number of aromatic nitrogens is 1. The van der Waals surface area contributed by atoms with Crippen LogP contribution in [0, 0.1) is 0 Å². The monoisotopic (exact) mass is 322 g/mol. The number of hydrogen-bond donors (Lipinski definition) is 1. The summed E-state index contributed by atoms with van der Waals surface area (Å²) in [5.41, 5.74) is 1.55. The van der Waals surface area contributed by atoms with E-state index in [0.29, 0.717) is 23.8 Å². The molecule has 0 aliphatic carbocycles. The fourth-order valence-corrected chi connectivity index (χ4v) is 2.39. The van der Waals surface area contributed by atoms with Crippen molar-refractivity contribution in [2.24, 2.45) is 0 Å². The molecule has 0 fully saturated rings. The lowest BCUT2D eigenvalue weighted by Gasteiger charge is -2.12. The van der Waals surface area contributed by atoms with Crippen LogP contribution in [-0.2, 0) is 4.79 Å². The Morgan fingerprint density at radius 3 is 2.58 bits per heavy atom. The first-order valence-corrected chi connectivity index (χ1v) is 7.76. The first-order chi connectivity index (χ1) is 11.8. The van der Waals surface area contributed by atoms with Crippen molar-refractivity contribution in [1.82, 2.24) is 4.98 Å². The van der Waals surface area contributed by atoms with Crippen molar-refractivity contribution in [2.45, 2.75) is 6.92 Å². The summed E-state index contributed by atoms with van der Waals surface area (Å²) in [6.45, 7) is 2.34. The van der Waals surface area contributed by atoms with Crippen molar-refractivity contribution in [3.8, 4) is 11.5 Å². The molecule has 1 aromatic heterocycles. The number of benzene rings is 2. The molecule has 2 aromatic carbocycles. The Morgan fingerprint density at radius 2 is 1.79 bits per heavy atom. The molecular weight excluding hydrogens is 304 g/mol. The molecule has 5 nitrogen and oxygen atoms in total. The Morgan fingerprint density at radius 1 is 1.00 bits per heavy atom. The third-order valence-electron chi connectivity index (χ3n) is 3.43. The van der Waals surface area contributed by atoms with Crippen molar-refractivity contribution in [3.05, 3.63) is 60.8 Å². The van der Waals surface area contributed by atoms with Gasteiger partial charge in [0.25, 0.3) is 5.91 Å². The lowest BCUT2D eigenvalue weighted by atomic mass is 10.2. The SMILES string of the molecule is CCOc1ccccc1OCC(=O)Nc1cccc2ncccc12. The number of para-hydroxylation sites is 2. The zero-order valence-corrected chi connectivity index (χ0v) is 13.4. The topological polar surface area (TPSA) is 60.5 Å². The van der Waals surface area contributed by atoms with Gasteiger partial charge in [0.1, 0.15) is 0 Å². The number of ether oxygens (including phenoxy) is 2. The van der Waals surface area contributed by atoms with E-state index in [1.54, 1.807) is 12.3 Å². The maximum atomic E-state index is 12.2. The molecule has 3 rings (SSSR count). The second-order valence-corrected chi connectivity index (χ2v) is 5.09. The molecule has 0 saturated heterocycles. The van der Waals surface area contributed by atoms with Crippen LogP contribution < -0.4 is 14.8 Å². The van der Waals surface area contributed by atoms with E-state index < -0.39 is 0 Å². The number of nitrogens with one attached hydrogen (secondary N) is 1. The highest BCUT2D eigenvalue weighted by molar-refractivity contribution is 6.01. The fraction of sp³-hybridized carbons (Fsp3) is 0.158. The van der Waals surface area contributed by atoms with Gasteiger partial charge < -0.3 is 14.8 Å². The van der Waals surface area contributed by atoms with Gasteiger partial charge in [-0.3, -0.25) is 9.78 Å². The van der Waals surface area contributed by atoms with Gasteiger partial charge in [-0.1, -0.05) is 18.2 Å². The summed E-state index contributed by atoms with van der Waals surface area (Å²) in [6.07, 6.45) is 1.72. The van der Waals surface area contributed by atoms with E-state index in [-0.39, 0.29) is 12.5 Å². The largest absolute Gasteiger partial charge is 0.490 e. The zero-order chi connectivity index (χ0) is 16.8. The van der Waals surface area contributed by atoms with Crippen LogP contribution in [0.5, 0.6) is 11.5 Å². The van der Waals surface area contributed by atoms with Gasteiger partial charge in [0.2, 0.25) is 0 Å². The average molecular weight is 322 g/mol. The van der Waals surface area contributed by atoms with Gasteiger partial charge in [-0.15, -0.1) is 0 Å². The minimum absolute atomic E-state index is 0.0965. The van der Waals surface area contributed by atoms with Crippen LogP contribution in [0.25, 0.3) is 10.9 Å². The van der Waals surface area contributed by atoms with E-state index in [2.05, 4.69) is 10.3 Å². The van der Waals surface area contributed by atoms with Gasteiger partial charge in [0.15, 0.2) is 18.1 Å². The van der Waals surface area contributed by atoms with Crippen molar-refractivity contribution >= 4 is 22.5 Å².